The summed E-state index contributed by atoms with van der Waals surface area (Å²) >= 11 is 0. The van der Waals surface area contributed by atoms with Gasteiger partial charge in [-0.1, -0.05) is 12.1 Å². The van der Waals surface area contributed by atoms with Crippen LogP contribution in [0.5, 0.6) is 5.75 Å². The van der Waals surface area contributed by atoms with E-state index in [2.05, 4.69) is 0 Å². The van der Waals surface area contributed by atoms with E-state index in [1.165, 1.54) is 0 Å². The molecule has 2 rings (SSSR count). The highest BCUT2D eigenvalue weighted by Crippen LogP contribution is 2.30. The fraction of sp³-hybridized carbons (Fsp3) is 0.571. The van der Waals surface area contributed by atoms with Crippen LogP contribution < -0.4 is 4.74 Å². The van der Waals surface area contributed by atoms with Gasteiger partial charge in [0.15, 0.2) is 12.0 Å². The maximum Gasteiger partial charge on any atom is 0.313 e. The van der Waals surface area contributed by atoms with Crippen LogP contribution in [0.1, 0.15) is 24.8 Å². The monoisotopic (exact) mass is 281 g/mol. The lowest BCUT2D eigenvalue weighted by atomic mass is 10.2. The van der Waals surface area contributed by atoms with Gasteiger partial charge >= 0.3 is 5.69 Å². The molecule has 6 heteroatoms. The second-order valence-electron chi connectivity index (χ2n) is 4.69. The Kier molecular flexibility index (Phi) is 5.31. The second-order valence-corrected chi connectivity index (χ2v) is 4.69. The minimum absolute atomic E-state index is 0.0152. The summed E-state index contributed by atoms with van der Waals surface area (Å²) in [5, 5.41) is 11.0. The zero-order chi connectivity index (χ0) is 14.4. The van der Waals surface area contributed by atoms with E-state index in [1.54, 1.807) is 25.1 Å². The number of rotatable bonds is 6. The van der Waals surface area contributed by atoms with Crippen LogP contribution in [0, 0.1) is 17.0 Å². The quantitative estimate of drug-likeness (QED) is 0.455. The Hall–Kier alpha value is -1.66. The molecule has 1 heterocycles. The van der Waals surface area contributed by atoms with Crippen LogP contribution in [0.15, 0.2) is 18.2 Å². The molecule has 1 atom stereocenters. The molecule has 0 radical (unpaired) electrons. The average Bonchev–Trinajstić information content (AvgIpc) is 2.44. The number of hydrogen-bond donors (Lipinski definition) is 0. The molecule has 0 amide bonds. The predicted octanol–water partition coefficient (Wildman–Crippen LogP) is 2.83. The molecule has 1 aliphatic rings. The molecule has 1 aromatic rings. The highest BCUT2D eigenvalue weighted by atomic mass is 16.7. The molecule has 1 saturated heterocycles. The third kappa shape index (κ3) is 3.91. The first-order valence-electron chi connectivity index (χ1n) is 6.78. The molecule has 0 saturated carbocycles. The zero-order valence-electron chi connectivity index (χ0n) is 11.5. The van der Waals surface area contributed by atoms with Gasteiger partial charge in [0.2, 0.25) is 0 Å². The molecule has 20 heavy (non-hydrogen) atoms. The largest absolute Gasteiger partial charge is 0.484 e. The van der Waals surface area contributed by atoms with E-state index in [9.17, 15) is 10.1 Å². The molecule has 0 aromatic heterocycles. The molecule has 1 aliphatic heterocycles. The van der Waals surface area contributed by atoms with Crippen molar-refractivity contribution in [2.24, 2.45) is 0 Å². The summed E-state index contributed by atoms with van der Waals surface area (Å²) in [6, 6.07) is 5.03. The second kappa shape index (κ2) is 7.21. The maximum absolute atomic E-state index is 11.0. The summed E-state index contributed by atoms with van der Waals surface area (Å²) in [4.78, 5) is 10.6. The highest BCUT2D eigenvalue weighted by Gasteiger charge is 2.18. The van der Waals surface area contributed by atoms with Crippen molar-refractivity contribution in [1.82, 2.24) is 0 Å². The summed E-state index contributed by atoms with van der Waals surface area (Å²) in [6.07, 6.45) is 2.91. The van der Waals surface area contributed by atoms with Gasteiger partial charge in [0.1, 0.15) is 6.61 Å². The van der Waals surface area contributed by atoms with E-state index in [-0.39, 0.29) is 24.3 Å². The van der Waals surface area contributed by atoms with Crippen molar-refractivity contribution in [3.63, 3.8) is 0 Å². The minimum Gasteiger partial charge on any atom is -0.484 e. The predicted molar refractivity (Wildman–Crippen MR) is 72.9 cm³/mol. The first-order chi connectivity index (χ1) is 9.68. The molecule has 110 valence electrons. The van der Waals surface area contributed by atoms with Crippen molar-refractivity contribution in [2.45, 2.75) is 32.5 Å². The number of nitro benzene ring substituents is 1. The lowest BCUT2D eigenvalue weighted by molar-refractivity contribution is -0.386. The molecule has 1 fully saturated rings. The van der Waals surface area contributed by atoms with Crippen LogP contribution in [0.3, 0.4) is 0 Å². The SMILES string of the molecule is Cc1cccc(OCCO[C@H]2CCCCO2)c1[N+](=O)[O-]. The number of aryl methyl sites for hydroxylation is 1. The van der Waals surface area contributed by atoms with Crippen molar-refractivity contribution >= 4 is 5.69 Å². The van der Waals surface area contributed by atoms with Crippen LogP contribution in [0.25, 0.3) is 0 Å². The number of nitrogens with zero attached hydrogens (tertiary/aromatic N) is 1. The normalized spacial score (nSPS) is 18.8. The van der Waals surface area contributed by atoms with Gasteiger partial charge in [0.25, 0.3) is 0 Å². The van der Waals surface area contributed by atoms with Crippen molar-refractivity contribution < 1.29 is 19.1 Å². The number of ether oxygens (including phenoxy) is 3. The Morgan fingerprint density at radius 1 is 1.40 bits per heavy atom. The van der Waals surface area contributed by atoms with Gasteiger partial charge in [-0.25, -0.2) is 0 Å². The third-order valence-electron chi connectivity index (χ3n) is 3.17. The molecule has 0 aliphatic carbocycles. The number of benzene rings is 1. The van der Waals surface area contributed by atoms with Crippen LogP contribution in [-0.4, -0.2) is 31.0 Å². The fourth-order valence-electron chi connectivity index (χ4n) is 2.16. The van der Waals surface area contributed by atoms with Gasteiger partial charge < -0.3 is 14.2 Å². The van der Waals surface area contributed by atoms with Gasteiger partial charge in [-0.2, -0.15) is 0 Å². The molecule has 1 aromatic carbocycles. The van der Waals surface area contributed by atoms with Crippen molar-refractivity contribution in [2.75, 3.05) is 19.8 Å². The van der Waals surface area contributed by atoms with Gasteiger partial charge in [0.05, 0.1) is 11.5 Å². The average molecular weight is 281 g/mol. The van der Waals surface area contributed by atoms with E-state index in [0.29, 0.717) is 12.2 Å². The topological polar surface area (TPSA) is 70.8 Å². The van der Waals surface area contributed by atoms with Crippen LogP contribution in [0.2, 0.25) is 0 Å². The van der Waals surface area contributed by atoms with Crippen LogP contribution in [-0.2, 0) is 9.47 Å². The highest BCUT2D eigenvalue weighted by molar-refractivity contribution is 5.51. The van der Waals surface area contributed by atoms with Crippen molar-refractivity contribution in [1.29, 1.82) is 0 Å². The minimum atomic E-state index is -0.421. The number of para-hydroxylation sites is 1. The van der Waals surface area contributed by atoms with Crippen molar-refractivity contribution in [3.8, 4) is 5.75 Å². The van der Waals surface area contributed by atoms with Crippen LogP contribution in [0.4, 0.5) is 5.69 Å². The van der Waals surface area contributed by atoms with E-state index >= 15 is 0 Å². The molecular formula is C14H19NO5. The Morgan fingerprint density at radius 3 is 2.95 bits per heavy atom. The Labute approximate surface area is 117 Å². The molecular weight excluding hydrogens is 262 g/mol. The first kappa shape index (κ1) is 14.7. The summed E-state index contributed by atoms with van der Waals surface area (Å²) in [7, 11) is 0. The summed E-state index contributed by atoms with van der Waals surface area (Å²) in [5.41, 5.74) is 0.602. The molecule has 0 N–H and O–H groups in total. The van der Waals surface area contributed by atoms with Crippen molar-refractivity contribution in [3.05, 3.63) is 33.9 Å². The summed E-state index contributed by atoms with van der Waals surface area (Å²) < 4.78 is 16.4. The maximum atomic E-state index is 11.0. The van der Waals surface area contributed by atoms with Gasteiger partial charge in [0, 0.05) is 12.2 Å². The summed E-state index contributed by atoms with van der Waals surface area (Å²) in [5.74, 6) is 0.281. The number of hydrogen-bond acceptors (Lipinski definition) is 5. The molecule has 6 nitrogen and oxygen atoms in total. The lowest BCUT2D eigenvalue weighted by Crippen LogP contribution is -2.24. The standard InChI is InChI=1S/C14H19NO5/c1-11-5-4-6-12(14(11)15(16)17)18-9-10-20-13-7-2-3-8-19-13/h4-6,13H,2-3,7-10H2,1H3/t13-/m0/s1. The third-order valence-corrected chi connectivity index (χ3v) is 3.17. The smallest absolute Gasteiger partial charge is 0.313 e. The van der Waals surface area contributed by atoms with Crippen LogP contribution >= 0.6 is 0 Å². The van der Waals surface area contributed by atoms with E-state index in [4.69, 9.17) is 14.2 Å². The Bertz CT molecular complexity index is 457. The van der Waals surface area contributed by atoms with Gasteiger partial charge in [-0.05, 0) is 32.3 Å². The lowest BCUT2D eigenvalue weighted by Gasteiger charge is -2.22. The van der Waals surface area contributed by atoms with E-state index < -0.39 is 4.92 Å². The molecule has 0 spiro atoms. The molecule has 0 unspecified atom stereocenters. The van der Waals surface area contributed by atoms with Gasteiger partial charge in [-0.3, -0.25) is 10.1 Å². The molecule has 0 bridgehead atoms. The zero-order valence-corrected chi connectivity index (χ0v) is 11.5. The first-order valence-corrected chi connectivity index (χ1v) is 6.78. The summed E-state index contributed by atoms with van der Waals surface area (Å²) in [6.45, 7) is 3.05. The Morgan fingerprint density at radius 2 is 2.25 bits per heavy atom. The van der Waals surface area contributed by atoms with E-state index in [1.807, 2.05) is 0 Å². The Balaban J connectivity index is 1.82. The number of nitro groups is 1. The van der Waals surface area contributed by atoms with Gasteiger partial charge in [-0.15, -0.1) is 0 Å². The fourth-order valence-corrected chi connectivity index (χ4v) is 2.16. The van der Waals surface area contributed by atoms with E-state index in [0.717, 1.165) is 25.9 Å².